The quantitative estimate of drug-likeness (QED) is 0.392. The van der Waals surface area contributed by atoms with Gasteiger partial charge in [0.2, 0.25) is 0 Å². The molecular weight excluding hydrogens is 449 g/mol. The van der Waals surface area contributed by atoms with Gasteiger partial charge in [-0.15, -0.1) is 11.8 Å². The predicted octanol–water partition coefficient (Wildman–Crippen LogP) is 5.92. The molecule has 0 spiro atoms. The number of carbonyl (C=O) groups is 1. The second-order valence-electron chi connectivity index (χ2n) is 5.34. The molecule has 0 radical (unpaired) electrons. The maximum Gasteiger partial charge on any atom is 0.416 e. The number of alkyl halides is 3. The van der Waals surface area contributed by atoms with E-state index in [0.717, 1.165) is 17.0 Å². The number of halogens is 4. The van der Waals surface area contributed by atoms with Gasteiger partial charge in [-0.1, -0.05) is 0 Å². The minimum Gasteiger partial charge on any atom is -0.478 e. The SMILES string of the molecule is COC(=O)C(C)Oc1cc(Oc2ccc(C(F)(F)F)cc2Br)ccc1SC. The summed E-state index contributed by atoms with van der Waals surface area (Å²) in [4.78, 5) is 12.3. The molecule has 0 aliphatic carbocycles. The molecule has 9 heteroatoms. The number of thioether (sulfide) groups is 1. The van der Waals surface area contributed by atoms with Crippen LogP contribution in [0.2, 0.25) is 0 Å². The van der Waals surface area contributed by atoms with E-state index in [1.54, 1.807) is 25.1 Å². The van der Waals surface area contributed by atoms with Gasteiger partial charge in [0, 0.05) is 11.0 Å². The first-order valence-electron chi connectivity index (χ1n) is 7.62. The van der Waals surface area contributed by atoms with Gasteiger partial charge in [0.05, 0.1) is 17.1 Å². The van der Waals surface area contributed by atoms with Crippen LogP contribution in [0.3, 0.4) is 0 Å². The number of carbonyl (C=O) groups excluding carboxylic acids is 1. The minimum absolute atomic E-state index is 0.164. The topological polar surface area (TPSA) is 44.8 Å². The van der Waals surface area contributed by atoms with Gasteiger partial charge < -0.3 is 14.2 Å². The Morgan fingerprint density at radius 2 is 1.85 bits per heavy atom. The summed E-state index contributed by atoms with van der Waals surface area (Å²) in [6.07, 6.45) is -3.42. The summed E-state index contributed by atoms with van der Waals surface area (Å²) in [5.41, 5.74) is -0.782. The minimum atomic E-state index is -4.44. The molecule has 0 saturated carbocycles. The van der Waals surface area contributed by atoms with E-state index in [1.165, 1.54) is 24.9 Å². The number of rotatable bonds is 6. The molecule has 2 aromatic carbocycles. The molecule has 146 valence electrons. The first-order chi connectivity index (χ1) is 12.7. The van der Waals surface area contributed by atoms with Crippen molar-refractivity contribution < 1.29 is 32.2 Å². The van der Waals surface area contributed by atoms with Crippen LogP contribution >= 0.6 is 27.7 Å². The normalized spacial score (nSPS) is 12.4. The molecule has 0 N–H and O–H groups in total. The van der Waals surface area contributed by atoms with Gasteiger partial charge in [0.25, 0.3) is 0 Å². The fourth-order valence-electron chi connectivity index (χ4n) is 2.10. The highest BCUT2D eigenvalue weighted by Gasteiger charge is 2.31. The van der Waals surface area contributed by atoms with Crippen molar-refractivity contribution in [3.8, 4) is 17.2 Å². The summed E-state index contributed by atoms with van der Waals surface area (Å²) in [6.45, 7) is 1.55. The first-order valence-corrected chi connectivity index (χ1v) is 9.64. The molecule has 27 heavy (non-hydrogen) atoms. The Morgan fingerprint density at radius 1 is 1.15 bits per heavy atom. The zero-order valence-electron chi connectivity index (χ0n) is 14.6. The lowest BCUT2D eigenvalue weighted by Gasteiger charge is -2.17. The summed E-state index contributed by atoms with van der Waals surface area (Å²) in [7, 11) is 1.26. The Balaban J connectivity index is 2.27. The fourth-order valence-corrected chi connectivity index (χ4v) is 3.08. The Kier molecular flexibility index (Phi) is 7.05. The Morgan fingerprint density at radius 3 is 2.41 bits per heavy atom. The summed E-state index contributed by atoms with van der Waals surface area (Å²) >= 11 is 4.50. The summed E-state index contributed by atoms with van der Waals surface area (Å²) in [5.74, 6) is 0.437. The van der Waals surface area contributed by atoms with Gasteiger partial charge in [0.15, 0.2) is 6.10 Å². The van der Waals surface area contributed by atoms with E-state index >= 15 is 0 Å². The van der Waals surface area contributed by atoms with Crippen molar-refractivity contribution in [1.82, 2.24) is 0 Å². The number of esters is 1. The highest BCUT2D eigenvalue weighted by molar-refractivity contribution is 9.10. The largest absolute Gasteiger partial charge is 0.478 e. The van der Waals surface area contributed by atoms with Crippen LogP contribution < -0.4 is 9.47 Å². The maximum absolute atomic E-state index is 12.8. The van der Waals surface area contributed by atoms with E-state index in [0.29, 0.717) is 11.5 Å². The monoisotopic (exact) mass is 464 g/mol. The van der Waals surface area contributed by atoms with E-state index in [1.807, 2.05) is 6.26 Å². The van der Waals surface area contributed by atoms with Crippen molar-refractivity contribution in [2.45, 2.75) is 24.1 Å². The third kappa shape index (κ3) is 5.55. The smallest absolute Gasteiger partial charge is 0.416 e. The molecule has 0 heterocycles. The van der Waals surface area contributed by atoms with E-state index in [2.05, 4.69) is 20.7 Å². The van der Waals surface area contributed by atoms with Crippen LogP contribution in [-0.4, -0.2) is 25.4 Å². The molecule has 2 rings (SSSR count). The lowest BCUT2D eigenvalue weighted by molar-refractivity contribution is -0.148. The average molecular weight is 465 g/mol. The van der Waals surface area contributed by atoms with Crippen LogP contribution in [0.15, 0.2) is 45.8 Å². The number of hydrogen-bond acceptors (Lipinski definition) is 5. The van der Waals surface area contributed by atoms with Crippen molar-refractivity contribution >= 4 is 33.7 Å². The molecule has 0 saturated heterocycles. The number of hydrogen-bond donors (Lipinski definition) is 0. The fraction of sp³-hybridized carbons (Fsp3) is 0.278. The van der Waals surface area contributed by atoms with Crippen molar-refractivity contribution in [3.05, 3.63) is 46.4 Å². The summed E-state index contributed by atoms with van der Waals surface area (Å²) in [5, 5.41) is 0. The molecule has 0 amide bonds. The molecule has 0 aliphatic heterocycles. The summed E-state index contributed by atoms with van der Waals surface area (Å²) < 4.78 is 54.4. The highest BCUT2D eigenvalue weighted by atomic mass is 79.9. The zero-order valence-corrected chi connectivity index (χ0v) is 17.0. The molecule has 0 fully saturated rings. The summed E-state index contributed by atoms with van der Waals surface area (Å²) in [6, 6.07) is 8.07. The van der Waals surface area contributed by atoms with E-state index in [9.17, 15) is 18.0 Å². The first kappa shape index (κ1) is 21.4. The molecule has 4 nitrogen and oxygen atoms in total. The highest BCUT2D eigenvalue weighted by Crippen LogP contribution is 2.38. The molecule has 0 aromatic heterocycles. The second kappa shape index (κ2) is 8.88. The number of methoxy groups -OCH3 is 1. The van der Waals surface area contributed by atoms with Crippen LogP contribution in [0, 0.1) is 0 Å². The zero-order chi connectivity index (χ0) is 20.2. The van der Waals surface area contributed by atoms with Crippen molar-refractivity contribution in [2.75, 3.05) is 13.4 Å². The van der Waals surface area contributed by atoms with Crippen LogP contribution in [0.4, 0.5) is 13.2 Å². The third-order valence-electron chi connectivity index (χ3n) is 3.46. The van der Waals surface area contributed by atoms with Crippen LogP contribution in [0.1, 0.15) is 12.5 Å². The lowest BCUT2D eigenvalue weighted by atomic mass is 10.2. The molecular formula is C18H16BrF3O4S. The number of ether oxygens (including phenoxy) is 3. The van der Waals surface area contributed by atoms with Gasteiger partial charge in [-0.2, -0.15) is 13.2 Å². The average Bonchev–Trinajstić information content (AvgIpc) is 2.62. The molecule has 0 bridgehead atoms. The van der Waals surface area contributed by atoms with Crippen molar-refractivity contribution in [1.29, 1.82) is 0 Å². The lowest BCUT2D eigenvalue weighted by Crippen LogP contribution is -2.25. The predicted molar refractivity (Wildman–Crippen MR) is 99.5 cm³/mol. The van der Waals surface area contributed by atoms with Gasteiger partial charge in [-0.25, -0.2) is 4.79 Å². The van der Waals surface area contributed by atoms with E-state index in [-0.39, 0.29) is 10.2 Å². The van der Waals surface area contributed by atoms with Gasteiger partial charge in [-0.3, -0.25) is 0 Å². The second-order valence-corrected chi connectivity index (χ2v) is 7.04. The van der Waals surface area contributed by atoms with Crippen LogP contribution in [0.5, 0.6) is 17.2 Å². The molecule has 2 aromatic rings. The van der Waals surface area contributed by atoms with Crippen LogP contribution in [-0.2, 0) is 15.7 Å². The number of benzene rings is 2. The van der Waals surface area contributed by atoms with Crippen molar-refractivity contribution in [3.63, 3.8) is 0 Å². The van der Waals surface area contributed by atoms with Gasteiger partial charge in [0.1, 0.15) is 17.2 Å². The van der Waals surface area contributed by atoms with E-state index in [4.69, 9.17) is 9.47 Å². The van der Waals surface area contributed by atoms with Gasteiger partial charge in [-0.05, 0) is 59.4 Å². The Labute approximate surface area is 167 Å². The standard InChI is InChI=1S/C18H16BrF3O4S/c1-10(17(23)24-2)25-15-9-12(5-7-16(15)27-3)26-14-6-4-11(8-13(14)19)18(20,21)22/h4-10H,1-3H3. The molecule has 1 atom stereocenters. The maximum atomic E-state index is 12.8. The Bertz CT molecular complexity index is 827. The Hall–Kier alpha value is -1.87. The van der Waals surface area contributed by atoms with Crippen LogP contribution in [0.25, 0.3) is 0 Å². The van der Waals surface area contributed by atoms with Gasteiger partial charge >= 0.3 is 12.1 Å². The molecule has 1 unspecified atom stereocenters. The van der Waals surface area contributed by atoms with Crippen molar-refractivity contribution in [2.24, 2.45) is 0 Å². The molecule has 0 aliphatic rings. The van der Waals surface area contributed by atoms with E-state index < -0.39 is 23.8 Å². The third-order valence-corrected chi connectivity index (χ3v) is 4.86.